The Balaban J connectivity index is 0.00000158. The van der Waals surface area contributed by atoms with Gasteiger partial charge in [-0.2, -0.15) is 0 Å². The van der Waals surface area contributed by atoms with Gasteiger partial charge in [-0.3, -0.25) is 4.79 Å². The van der Waals surface area contributed by atoms with Crippen molar-refractivity contribution in [3.05, 3.63) is 63.1 Å². The predicted molar refractivity (Wildman–Crippen MR) is 118 cm³/mol. The molecule has 1 N–H and O–H groups in total. The van der Waals surface area contributed by atoms with E-state index in [0.29, 0.717) is 10.0 Å². The third-order valence-electron chi connectivity index (χ3n) is 3.15. The summed E-state index contributed by atoms with van der Waals surface area (Å²) in [4.78, 5) is 12.1. The molecule has 1 atom stereocenters. The third-order valence-corrected chi connectivity index (χ3v) is 4.49. The van der Waals surface area contributed by atoms with Crippen molar-refractivity contribution in [3.63, 3.8) is 0 Å². The molecule has 0 aliphatic carbocycles. The number of thiocarbonyl (C=S) groups is 1. The average molecular weight is 479 g/mol. The molecular weight excluding hydrogens is 456 g/mol. The van der Waals surface area contributed by atoms with E-state index in [0.717, 1.165) is 0 Å². The van der Waals surface area contributed by atoms with Gasteiger partial charge in [0.2, 0.25) is 0 Å². The van der Waals surface area contributed by atoms with Gasteiger partial charge in [-0.05, 0) is 36.8 Å². The largest absolute Gasteiger partial charge is 0.346 e. The summed E-state index contributed by atoms with van der Waals surface area (Å²) in [5.74, 6) is -2.14. The number of carbonyl (C=O) groups is 1. The Hall–Kier alpha value is -1.37. The first-order valence-corrected chi connectivity index (χ1v) is 10.1. The van der Waals surface area contributed by atoms with Gasteiger partial charge in [0.15, 0.2) is 0 Å². The molecule has 0 amide bonds. The summed E-state index contributed by atoms with van der Waals surface area (Å²) in [6, 6.07) is 8.13. The molecular formula is C20H23BrClF2NOS. The van der Waals surface area contributed by atoms with Crippen LogP contribution >= 0.6 is 39.7 Å². The van der Waals surface area contributed by atoms with Crippen molar-refractivity contribution in [1.82, 2.24) is 0 Å². The quantitative estimate of drug-likeness (QED) is 0.460. The molecule has 148 valence electrons. The first kappa shape index (κ1) is 25.6. The Kier molecular flexibility index (Phi) is 12.3. The van der Waals surface area contributed by atoms with Gasteiger partial charge in [0.25, 0.3) is 0 Å². The number of benzene rings is 2. The molecule has 0 bridgehead atoms. The van der Waals surface area contributed by atoms with Crippen molar-refractivity contribution in [3.8, 4) is 0 Å². The molecule has 27 heavy (non-hydrogen) atoms. The minimum atomic E-state index is -0.851. The first-order valence-electron chi connectivity index (χ1n) is 8.51. The number of nitrogens with one attached hydrogen (secondary N) is 1. The Morgan fingerprint density at radius 1 is 1.15 bits per heavy atom. The number of ketones is 1. The van der Waals surface area contributed by atoms with Crippen molar-refractivity contribution < 1.29 is 13.6 Å². The van der Waals surface area contributed by atoms with E-state index in [-0.39, 0.29) is 21.5 Å². The van der Waals surface area contributed by atoms with Crippen molar-refractivity contribution >= 4 is 56.2 Å². The maximum atomic E-state index is 13.9. The van der Waals surface area contributed by atoms with Gasteiger partial charge in [0.1, 0.15) is 17.4 Å². The summed E-state index contributed by atoms with van der Waals surface area (Å²) in [6.45, 7) is 9.36. The highest BCUT2D eigenvalue weighted by atomic mass is 79.9. The van der Waals surface area contributed by atoms with E-state index in [1.54, 1.807) is 0 Å². The van der Waals surface area contributed by atoms with Crippen molar-refractivity contribution in [2.45, 2.75) is 40.5 Å². The zero-order valence-electron chi connectivity index (χ0n) is 15.9. The van der Waals surface area contributed by atoms with Gasteiger partial charge in [0, 0.05) is 4.47 Å². The molecule has 0 heterocycles. The molecule has 1 unspecified atom stereocenters. The second-order valence-electron chi connectivity index (χ2n) is 4.80. The van der Waals surface area contributed by atoms with Crippen LogP contribution in [0.4, 0.5) is 14.5 Å². The highest BCUT2D eigenvalue weighted by molar-refractivity contribution is 9.10. The van der Waals surface area contributed by atoms with E-state index >= 15 is 0 Å². The highest BCUT2D eigenvalue weighted by Gasteiger charge is 2.25. The molecule has 0 radical (unpaired) electrons. The number of rotatable bonds is 4. The number of anilines is 1. The van der Waals surface area contributed by atoms with Crippen LogP contribution in [0.15, 0.2) is 40.9 Å². The number of Topliss-reactive ketones (excluding diaryl/α,β-unsaturated/α-hetero) is 1. The van der Waals surface area contributed by atoms with Gasteiger partial charge in [-0.1, -0.05) is 79.6 Å². The average Bonchev–Trinajstić information content (AvgIpc) is 2.63. The molecule has 2 nitrogen and oxygen atoms in total. The van der Waals surface area contributed by atoms with Crippen LogP contribution in [-0.2, 0) is 4.79 Å². The lowest BCUT2D eigenvalue weighted by Crippen LogP contribution is -2.25. The SMILES string of the molecule is CC.CC.CC(=O)C(C(=S)Nc1c(F)cccc1Cl)c1ccc(F)cc1Br. The van der Waals surface area contributed by atoms with Crippen molar-refractivity contribution in [2.24, 2.45) is 0 Å². The monoisotopic (exact) mass is 477 g/mol. The summed E-state index contributed by atoms with van der Waals surface area (Å²) < 4.78 is 27.5. The van der Waals surface area contributed by atoms with E-state index in [1.807, 2.05) is 27.7 Å². The van der Waals surface area contributed by atoms with Crippen LogP contribution in [0, 0.1) is 11.6 Å². The topological polar surface area (TPSA) is 29.1 Å². The fourth-order valence-electron chi connectivity index (χ4n) is 2.09. The summed E-state index contributed by atoms with van der Waals surface area (Å²) in [5, 5.41) is 2.84. The first-order chi connectivity index (χ1) is 12.8. The Morgan fingerprint density at radius 3 is 2.22 bits per heavy atom. The third kappa shape index (κ3) is 7.28. The molecule has 2 aromatic carbocycles. The van der Waals surface area contributed by atoms with Crippen LogP contribution in [-0.4, -0.2) is 10.8 Å². The van der Waals surface area contributed by atoms with Crippen LogP contribution in [0.2, 0.25) is 5.02 Å². The standard InChI is InChI=1S/C16H11BrClF2NOS.2C2H6/c1-8(22)14(10-6-5-9(19)7-11(10)17)16(23)21-15-12(18)3-2-4-13(15)20;2*1-2/h2-7,14H,1H3,(H,21,23);2*1-2H3. The van der Waals surface area contributed by atoms with Crippen LogP contribution in [0.3, 0.4) is 0 Å². The van der Waals surface area contributed by atoms with E-state index < -0.39 is 17.6 Å². The Labute approximate surface area is 178 Å². The minimum Gasteiger partial charge on any atom is -0.346 e. The number of halogens is 4. The normalized spacial score (nSPS) is 10.6. The second kappa shape index (κ2) is 12.9. The number of hydrogen-bond donors (Lipinski definition) is 1. The van der Waals surface area contributed by atoms with Crippen LogP contribution in [0.5, 0.6) is 0 Å². The number of para-hydroxylation sites is 1. The smallest absolute Gasteiger partial charge is 0.148 e. The van der Waals surface area contributed by atoms with E-state index in [4.69, 9.17) is 23.8 Å². The van der Waals surface area contributed by atoms with Crippen molar-refractivity contribution in [1.29, 1.82) is 0 Å². The maximum Gasteiger partial charge on any atom is 0.148 e. The molecule has 0 aliphatic rings. The van der Waals surface area contributed by atoms with Crippen LogP contribution in [0.25, 0.3) is 0 Å². The zero-order valence-corrected chi connectivity index (χ0v) is 19.0. The molecule has 0 spiro atoms. The highest BCUT2D eigenvalue weighted by Crippen LogP contribution is 2.31. The van der Waals surface area contributed by atoms with Crippen molar-refractivity contribution in [2.75, 3.05) is 5.32 Å². The summed E-state index contributed by atoms with van der Waals surface area (Å²) in [7, 11) is 0. The molecule has 2 aromatic rings. The molecule has 7 heteroatoms. The Morgan fingerprint density at radius 2 is 1.74 bits per heavy atom. The lowest BCUT2D eigenvalue weighted by Gasteiger charge is -2.19. The summed E-state index contributed by atoms with van der Waals surface area (Å²) in [6.07, 6.45) is 0. The Bertz CT molecular complexity index is 766. The lowest BCUT2D eigenvalue weighted by molar-refractivity contribution is -0.117. The van der Waals surface area contributed by atoms with Gasteiger partial charge in [-0.15, -0.1) is 0 Å². The fraction of sp³-hybridized carbons (Fsp3) is 0.300. The van der Waals surface area contributed by atoms with Crippen LogP contribution in [0.1, 0.15) is 46.1 Å². The van der Waals surface area contributed by atoms with Crippen LogP contribution < -0.4 is 5.32 Å². The lowest BCUT2D eigenvalue weighted by atomic mass is 9.95. The van der Waals surface area contributed by atoms with Gasteiger partial charge in [-0.25, -0.2) is 8.78 Å². The molecule has 0 aliphatic heterocycles. The molecule has 0 saturated heterocycles. The molecule has 2 rings (SSSR count). The van der Waals surface area contributed by atoms with Gasteiger partial charge in [0.05, 0.1) is 21.6 Å². The number of hydrogen-bond acceptors (Lipinski definition) is 2. The molecule has 0 saturated carbocycles. The van der Waals surface area contributed by atoms with E-state index in [1.165, 1.54) is 43.3 Å². The molecule has 0 fully saturated rings. The van der Waals surface area contributed by atoms with E-state index in [9.17, 15) is 13.6 Å². The fourth-order valence-corrected chi connectivity index (χ4v) is 3.28. The van der Waals surface area contributed by atoms with E-state index in [2.05, 4.69) is 21.2 Å². The number of carbonyl (C=O) groups excluding carboxylic acids is 1. The predicted octanol–water partition coefficient (Wildman–Crippen LogP) is 7.55. The second-order valence-corrected chi connectivity index (χ2v) is 6.50. The van der Waals surface area contributed by atoms with Gasteiger partial charge < -0.3 is 5.32 Å². The summed E-state index contributed by atoms with van der Waals surface area (Å²) >= 11 is 14.4. The minimum absolute atomic E-state index is 0.00338. The zero-order chi connectivity index (χ0) is 21.1. The summed E-state index contributed by atoms with van der Waals surface area (Å²) in [5.41, 5.74) is 0.493. The maximum absolute atomic E-state index is 13.9. The molecule has 0 aromatic heterocycles. The van der Waals surface area contributed by atoms with Gasteiger partial charge >= 0.3 is 0 Å².